The zero-order chi connectivity index (χ0) is 20.9. The summed E-state index contributed by atoms with van der Waals surface area (Å²) in [4.78, 5) is 4.41. The molecule has 4 rings (SSSR count). The van der Waals surface area contributed by atoms with Gasteiger partial charge in [-0.3, -0.25) is 5.10 Å². The Bertz CT molecular complexity index is 1220. The molecule has 0 aliphatic rings. The Morgan fingerprint density at radius 1 is 1.07 bits per heavy atom. The second-order valence-corrected chi connectivity index (χ2v) is 6.93. The van der Waals surface area contributed by atoms with Crippen molar-refractivity contribution in [2.24, 2.45) is 0 Å². The maximum atomic E-state index is 9.06. The number of hydrogen-bond donors (Lipinski definition) is 2. The third-order valence-corrected chi connectivity index (χ3v) is 4.89. The quantitative estimate of drug-likeness (QED) is 0.483. The van der Waals surface area contributed by atoms with Crippen LogP contribution >= 0.6 is 0 Å². The minimum atomic E-state index is 0.545. The molecule has 0 unspecified atom stereocenters. The number of hydrogen-bond acceptors (Lipinski definition) is 5. The second kappa shape index (κ2) is 8.50. The highest BCUT2D eigenvalue weighted by atomic mass is 16.5. The Morgan fingerprint density at radius 2 is 1.97 bits per heavy atom. The minimum absolute atomic E-state index is 0.545. The van der Waals surface area contributed by atoms with Crippen LogP contribution in [-0.2, 0) is 6.54 Å². The van der Waals surface area contributed by atoms with Crippen LogP contribution in [0.15, 0.2) is 66.9 Å². The van der Waals surface area contributed by atoms with Crippen molar-refractivity contribution in [1.82, 2.24) is 15.2 Å². The Hall–Kier alpha value is -4.11. The van der Waals surface area contributed by atoms with E-state index in [9.17, 15) is 0 Å². The molecule has 30 heavy (non-hydrogen) atoms. The first-order valence-corrected chi connectivity index (χ1v) is 9.56. The third-order valence-electron chi connectivity index (χ3n) is 4.89. The summed E-state index contributed by atoms with van der Waals surface area (Å²) in [5.74, 6) is 1.57. The van der Waals surface area contributed by atoms with Crippen LogP contribution in [0.1, 0.15) is 16.8 Å². The normalized spacial score (nSPS) is 10.4. The Morgan fingerprint density at radius 3 is 2.77 bits per heavy atom. The number of nitriles is 1. The number of aromatic nitrogens is 3. The Kier molecular flexibility index (Phi) is 5.44. The van der Waals surface area contributed by atoms with E-state index in [0.717, 1.165) is 45.2 Å². The number of H-pyrrole nitrogens is 1. The van der Waals surface area contributed by atoms with E-state index >= 15 is 0 Å². The molecule has 0 fully saturated rings. The van der Waals surface area contributed by atoms with Crippen LogP contribution in [0.4, 0.5) is 5.82 Å². The number of ether oxygens (including phenoxy) is 1. The number of nitrogens with zero attached hydrogens (tertiary/aromatic N) is 3. The topological polar surface area (TPSA) is 86.6 Å². The van der Waals surface area contributed by atoms with Crippen molar-refractivity contribution < 1.29 is 4.74 Å². The van der Waals surface area contributed by atoms with Crippen molar-refractivity contribution in [2.75, 3.05) is 12.4 Å². The highest BCUT2D eigenvalue weighted by molar-refractivity contribution is 5.70. The highest BCUT2D eigenvalue weighted by Crippen LogP contribution is 2.26. The fourth-order valence-electron chi connectivity index (χ4n) is 3.33. The lowest BCUT2D eigenvalue weighted by Gasteiger charge is -2.09. The molecule has 0 aliphatic heterocycles. The molecule has 0 atom stereocenters. The van der Waals surface area contributed by atoms with Crippen molar-refractivity contribution in [1.29, 1.82) is 5.26 Å². The lowest BCUT2D eigenvalue weighted by Crippen LogP contribution is -2.01. The summed E-state index contributed by atoms with van der Waals surface area (Å²) in [5, 5.41) is 19.9. The molecule has 0 saturated heterocycles. The largest absolute Gasteiger partial charge is 0.497 e. The first-order valence-electron chi connectivity index (χ1n) is 9.56. The van der Waals surface area contributed by atoms with E-state index in [2.05, 4.69) is 26.6 Å². The van der Waals surface area contributed by atoms with Gasteiger partial charge in [-0.25, -0.2) is 4.98 Å². The molecule has 2 heterocycles. The molecule has 0 radical (unpaired) electrons. The van der Waals surface area contributed by atoms with E-state index in [1.807, 2.05) is 67.6 Å². The molecule has 2 N–H and O–H groups in total. The van der Waals surface area contributed by atoms with Crippen molar-refractivity contribution in [2.45, 2.75) is 13.5 Å². The molecule has 0 aliphatic carbocycles. The molecule has 6 nitrogen and oxygen atoms in total. The summed E-state index contributed by atoms with van der Waals surface area (Å²) < 4.78 is 5.29. The van der Waals surface area contributed by atoms with Gasteiger partial charge in [0.1, 0.15) is 11.6 Å². The zero-order valence-corrected chi connectivity index (χ0v) is 16.8. The van der Waals surface area contributed by atoms with Crippen LogP contribution in [0, 0.1) is 18.3 Å². The van der Waals surface area contributed by atoms with Gasteiger partial charge < -0.3 is 10.1 Å². The monoisotopic (exact) mass is 395 g/mol. The molecule has 6 heteroatoms. The van der Waals surface area contributed by atoms with Gasteiger partial charge in [0.2, 0.25) is 0 Å². The van der Waals surface area contributed by atoms with Crippen LogP contribution in [0.25, 0.3) is 22.4 Å². The molecule has 0 spiro atoms. The molecule has 2 aromatic heterocycles. The Balaban J connectivity index is 1.48. The van der Waals surface area contributed by atoms with Crippen molar-refractivity contribution in [3.8, 4) is 34.2 Å². The van der Waals surface area contributed by atoms with Gasteiger partial charge in [-0.15, -0.1) is 0 Å². The number of aryl methyl sites for hydroxylation is 1. The number of methoxy groups -OCH3 is 1. The van der Waals surface area contributed by atoms with Gasteiger partial charge in [-0.1, -0.05) is 18.2 Å². The molecule has 0 saturated carbocycles. The summed E-state index contributed by atoms with van der Waals surface area (Å²) in [6, 6.07) is 21.7. The number of nitrogens with one attached hydrogen (secondary N) is 2. The van der Waals surface area contributed by atoms with Crippen molar-refractivity contribution in [3.63, 3.8) is 0 Å². The number of benzene rings is 2. The number of rotatable bonds is 6. The predicted octanol–water partition coefficient (Wildman–Crippen LogP) is 4.94. The lowest BCUT2D eigenvalue weighted by molar-refractivity contribution is 0.415. The smallest absolute Gasteiger partial charge is 0.126 e. The molecular formula is C24H21N5O. The fourth-order valence-corrected chi connectivity index (χ4v) is 3.33. The van der Waals surface area contributed by atoms with Crippen molar-refractivity contribution >= 4 is 5.82 Å². The van der Waals surface area contributed by atoms with Gasteiger partial charge >= 0.3 is 0 Å². The standard InChI is InChI=1S/C24H21N5O/c1-16-10-17(14-25)6-7-22(16)18-8-9-26-24(12-18)27-15-20-13-23(29-28-20)19-4-3-5-21(11-19)30-2/h3-13H,15H2,1-2H3,(H,26,27)(H,28,29). The van der Waals surface area contributed by atoms with E-state index < -0.39 is 0 Å². The number of anilines is 1. The summed E-state index contributed by atoms with van der Waals surface area (Å²) in [5.41, 5.74) is 6.68. The van der Waals surface area contributed by atoms with Crippen molar-refractivity contribution in [3.05, 3.63) is 83.7 Å². The van der Waals surface area contributed by atoms with Gasteiger partial charge in [0.15, 0.2) is 0 Å². The molecule has 4 aromatic rings. The van der Waals surface area contributed by atoms with Gasteiger partial charge in [0.05, 0.1) is 36.7 Å². The first kappa shape index (κ1) is 19.2. The van der Waals surface area contributed by atoms with Crippen LogP contribution in [0.2, 0.25) is 0 Å². The van der Waals surface area contributed by atoms with E-state index in [1.165, 1.54) is 0 Å². The van der Waals surface area contributed by atoms with Crippen LogP contribution in [-0.4, -0.2) is 22.3 Å². The highest BCUT2D eigenvalue weighted by Gasteiger charge is 2.07. The summed E-state index contributed by atoms with van der Waals surface area (Å²) in [6.45, 7) is 2.55. The summed E-state index contributed by atoms with van der Waals surface area (Å²) in [6.07, 6.45) is 1.78. The fraction of sp³-hybridized carbons (Fsp3) is 0.125. The zero-order valence-electron chi connectivity index (χ0n) is 16.8. The first-order chi connectivity index (χ1) is 14.7. The molecule has 148 valence electrons. The van der Waals surface area contributed by atoms with Gasteiger partial charge in [0, 0.05) is 11.8 Å². The molecule has 0 bridgehead atoms. The average Bonchev–Trinajstić information content (AvgIpc) is 3.27. The molecular weight excluding hydrogens is 374 g/mol. The van der Waals surface area contributed by atoms with Gasteiger partial charge in [-0.05, 0) is 66.1 Å². The average molecular weight is 395 g/mol. The Labute approximate surface area is 175 Å². The maximum absolute atomic E-state index is 9.06. The molecule has 2 aromatic carbocycles. The van der Waals surface area contributed by atoms with E-state index in [0.29, 0.717) is 12.1 Å². The summed E-state index contributed by atoms with van der Waals surface area (Å²) >= 11 is 0. The predicted molar refractivity (Wildman–Crippen MR) is 117 cm³/mol. The SMILES string of the molecule is COc1cccc(-c2cc(CNc3cc(-c4ccc(C#N)cc4C)ccn3)n[nH]2)c1. The summed E-state index contributed by atoms with van der Waals surface area (Å²) in [7, 11) is 1.65. The van der Waals surface area contributed by atoms with Gasteiger partial charge in [0.25, 0.3) is 0 Å². The van der Waals surface area contributed by atoms with Crippen LogP contribution in [0.3, 0.4) is 0 Å². The van der Waals surface area contributed by atoms with E-state index in [1.54, 1.807) is 13.3 Å². The number of aromatic amines is 1. The minimum Gasteiger partial charge on any atom is -0.497 e. The number of pyridine rings is 1. The third kappa shape index (κ3) is 4.15. The van der Waals surface area contributed by atoms with E-state index in [4.69, 9.17) is 10.00 Å². The van der Waals surface area contributed by atoms with Gasteiger partial charge in [-0.2, -0.15) is 10.4 Å². The lowest BCUT2D eigenvalue weighted by atomic mass is 9.99. The van der Waals surface area contributed by atoms with E-state index in [-0.39, 0.29) is 0 Å². The van der Waals surface area contributed by atoms with Crippen LogP contribution < -0.4 is 10.1 Å². The second-order valence-electron chi connectivity index (χ2n) is 6.93. The maximum Gasteiger partial charge on any atom is 0.126 e. The molecule has 0 amide bonds. The van der Waals surface area contributed by atoms with Crippen LogP contribution in [0.5, 0.6) is 5.75 Å².